The lowest BCUT2D eigenvalue weighted by Gasteiger charge is -2.19. The van der Waals surface area contributed by atoms with Gasteiger partial charge in [0.25, 0.3) is 0 Å². The normalized spacial score (nSPS) is 21.8. The number of hydrogen-bond acceptors (Lipinski definition) is 2. The summed E-state index contributed by atoms with van der Waals surface area (Å²) in [7, 11) is 0. The van der Waals surface area contributed by atoms with E-state index in [4.69, 9.17) is 0 Å². The van der Waals surface area contributed by atoms with Crippen molar-refractivity contribution in [3.63, 3.8) is 0 Å². The van der Waals surface area contributed by atoms with Crippen LogP contribution in [-0.2, 0) is 0 Å². The lowest BCUT2D eigenvalue weighted by atomic mass is 10.2. The van der Waals surface area contributed by atoms with E-state index in [0.717, 1.165) is 5.75 Å². The van der Waals surface area contributed by atoms with E-state index in [-0.39, 0.29) is 6.10 Å². The van der Waals surface area contributed by atoms with Crippen LogP contribution in [0, 0.1) is 5.92 Å². The van der Waals surface area contributed by atoms with Gasteiger partial charge in [0.05, 0.1) is 6.10 Å². The molecule has 2 heteroatoms. The van der Waals surface area contributed by atoms with Crippen LogP contribution < -0.4 is 0 Å². The van der Waals surface area contributed by atoms with Crippen LogP contribution in [0.4, 0.5) is 0 Å². The summed E-state index contributed by atoms with van der Waals surface area (Å²) in [5.41, 5.74) is 0. The minimum Gasteiger partial charge on any atom is -0.392 e. The highest BCUT2D eigenvalue weighted by molar-refractivity contribution is 8.00. The van der Waals surface area contributed by atoms with Gasteiger partial charge in [-0.3, -0.25) is 0 Å². The lowest BCUT2D eigenvalue weighted by Crippen LogP contribution is -2.18. The van der Waals surface area contributed by atoms with E-state index in [1.807, 2.05) is 11.8 Å². The molecule has 0 bridgehead atoms. The van der Waals surface area contributed by atoms with Crippen LogP contribution in [0.25, 0.3) is 0 Å². The van der Waals surface area contributed by atoms with Crippen LogP contribution in [0.3, 0.4) is 0 Å². The zero-order valence-electron chi connectivity index (χ0n) is 7.63. The largest absolute Gasteiger partial charge is 0.392 e. The molecule has 1 unspecified atom stereocenters. The molecule has 0 aromatic rings. The number of thioether (sulfide) groups is 1. The Morgan fingerprint density at radius 1 is 1.45 bits per heavy atom. The summed E-state index contributed by atoms with van der Waals surface area (Å²) >= 11 is 1.86. The maximum Gasteiger partial charge on any atom is 0.0658 e. The van der Waals surface area contributed by atoms with Crippen LogP contribution in [0.5, 0.6) is 0 Å². The van der Waals surface area contributed by atoms with Gasteiger partial charge in [-0.1, -0.05) is 20.8 Å². The van der Waals surface area contributed by atoms with Gasteiger partial charge in [-0.2, -0.15) is 11.8 Å². The number of rotatable bonds is 3. The molecular formula is C9H18OS. The van der Waals surface area contributed by atoms with E-state index in [0.29, 0.717) is 10.7 Å². The molecule has 1 rings (SSSR count). The van der Waals surface area contributed by atoms with Crippen molar-refractivity contribution in [1.29, 1.82) is 0 Å². The van der Waals surface area contributed by atoms with Gasteiger partial charge in [-0.25, -0.2) is 0 Å². The summed E-state index contributed by atoms with van der Waals surface area (Å²) in [5, 5.41) is 9.53. The lowest BCUT2D eigenvalue weighted by molar-refractivity contribution is 0.176. The Bertz CT molecular complexity index is 124. The molecule has 1 aliphatic rings. The summed E-state index contributed by atoms with van der Waals surface area (Å²) < 4.78 is 0.301. The zero-order valence-corrected chi connectivity index (χ0v) is 8.45. The fourth-order valence-corrected chi connectivity index (χ4v) is 1.90. The molecule has 0 aromatic carbocycles. The van der Waals surface area contributed by atoms with Crippen molar-refractivity contribution in [1.82, 2.24) is 0 Å². The van der Waals surface area contributed by atoms with Gasteiger partial charge in [0.2, 0.25) is 0 Å². The summed E-state index contributed by atoms with van der Waals surface area (Å²) in [4.78, 5) is 0. The van der Waals surface area contributed by atoms with Crippen LogP contribution in [-0.4, -0.2) is 21.7 Å². The Kier molecular flexibility index (Phi) is 2.87. The van der Waals surface area contributed by atoms with Crippen LogP contribution >= 0.6 is 11.8 Å². The predicted octanol–water partition coefficient (Wildman–Crippen LogP) is 2.29. The van der Waals surface area contributed by atoms with E-state index in [1.165, 1.54) is 12.8 Å². The standard InChI is InChI=1S/C9H18OS/c1-9(2,3)11-6-8(10)7-4-5-7/h7-8,10H,4-6H2,1-3H3. The maximum absolute atomic E-state index is 9.53. The molecule has 1 aliphatic carbocycles. The van der Waals surface area contributed by atoms with Crippen molar-refractivity contribution in [2.24, 2.45) is 5.92 Å². The molecule has 66 valence electrons. The van der Waals surface area contributed by atoms with Crippen molar-refractivity contribution >= 4 is 11.8 Å². The molecular weight excluding hydrogens is 156 g/mol. The highest BCUT2D eigenvalue weighted by Crippen LogP contribution is 2.35. The van der Waals surface area contributed by atoms with Crippen LogP contribution in [0.2, 0.25) is 0 Å². The van der Waals surface area contributed by atoms with Crippen molar-refractivity contribution in [2.45, 2.75) is 44.5 Å². The molecule has 11 heavy (non-hydrogen) atoms. The summed E-state index contributed by atoms with van der Waals surface area (Å²) in [6.07, 6.45) is 2.44. The molecule has 1 nitrogen and oxygen atoms in total. The van der Waals surface area contributed by atoms with E-state index >= 15 is 0 Å². The maximum atomic E-state index is 9.53. The van der Waals surface area contributed by atoms with Gasteiger partial charge in [0, 0.05) is 10.5 Å². The Labute approximate surface area is 73.6 Å². The van der Waals surface area contributed by atoms with Crippen LogP contribution in [0.1, 0.15) is 33.6 Å². The predicted molar refractivity (Wildman–Crippen MR) is 50.9 cm³/mol. The van der Waals surface area contributed by atoms with Crippen molar-refractivity contribution in [2.75, 3.05) is 5.75 Å². The molecule has 0 saturated heterocycles. The zero-order chi connectivity index (χ0) is 8.48. The highest BCUT2D eigenvalue weighted by atomic mass is 32.2. The van der Waals surface area contributed by atoms with Crippen molar-refractivity contribution in [3.05, 3.63) is 0 Å². The molecule has 0 heterocycles. The molecule has 0 amide bonds. The average Bonchev–Trinajstić information content (AvgIpc) is 2.61. The smallest absolute Gasteiger partial charge is 0.0658 e. The molecule has 0 spiro atoms. The Morgan fingerprint density at radius 2 is 2.00 bits per heavy atom. The third-order valence-corrected chi connectivity index (χ3v) is 3.23. The third kappa shape index (κ3) is 4.02. The van der Waals surface area contributed by atoms with Gasteiger partial charge in [-0.05, 0) is 18.8 Å². The Morgan fingerprint density at radius 3 is 2.36 bits per heavy atom. The minimum atomic E-state index is -0.0424. The van der Waals surface area contributed by atoms with E-state index in [9.17, 15) is 5.11 Å². The van der Waals surface area contributed by atoms with E-state index in [1.54, 1.807) is 0 Å². The topological polar surface area (TPSA) is 20.2 Å². The molecule has 1 fully saturated rings. The Hall–Kier alpha value is 0.310. The molecule has 0 aliphatic heterocycles. The Balaban J connectivity index is 2.10. The fourth-order valence-electron chi connectivity index (χ4n) is 0.952. The van der Waals surface area contributed by atoms with Gasteiger partial charge in [0.1, 0.15) is 0 Å². The fraction of sp³-hybridized carbons (Fsp3) is 1.00. The SMILES string of the molecule is CC(C)(C)SCC(O)C1CC1. The highest BCUT2D eigenvalue weighted by Gasteiger charge is 2.30. The quantitative estimate of drug-likeness (QED) is 0.708. The molecule has 0 radical (unpaired) electrons. The van der Waals surface area contributed by atoms with Gasteiger partial charge in [-0.15, -0.1) is 0 Å². The average molecular weight is 174 g/mol. The second-order valence-electron chi connectivity index (χ2n) is 4.33. The summed E-state index contributed by atoms with van der Waals surface area (Å²) in [5.74, 6) is 1.54. The van der Waals surface area contributed by atoms with Crippen molar-refractivity contribution < 1.29 is 5.11 Å². The number of hydrogen-bond donors (Lipinski definition) is 1. The van der Waals surface area contributed by atoms with Crippen LogP contribution in [0.15, 0.2) is 0 Å². The first-order valence-electron chi connectivity index (χ1n) is 4.31. The molecule has 1 atom stereocenters. The van der Waals surface area contributed by atoms with Crippen molar-refractivity contribution in [3.8, 4) is 0 Å². The first-order valence-corrected chi connectivity index (χ1v) is 5.29. The summed E-state index contributed by atoms with van der Waals surface area (Å²) in [6.45, 7) is 6.58. The van der Waals surface area contributed by atoms with Gasteiger partial charge < -0.3 is 5.11 Å². The molecule has 0 aromatic heterocycles. The van der Waals surface area contributed by atoms with Gasteiger partial charge in [0.15, 0.2) is 0 Å². The number of aliphatic hydroxyl groups is 1. The second-order valence-corrected chi connectivity index (χ2v) is 6.17. The third-order valence-electron chi connectivity index (χ3n) is 1.85. The second kappa shape index (κ2) is 3.36. The van der Waals surface area contributed by atoms with E-state index < -0.39 is 0 Å². The first-order chi connectivity index (χ1) is 4.99. The first kappa shape index (κ1) is 9.40. The summed E-state index contributed by atoms with van der Waals surface area (Å²) in [6, 6.07) is 0. The molecule has 1 saturated carbocycles. The minimum absolute atomic E-state index is 0.0424. The van der Waals surface area contributed by atoms with E-state index in [2.05, 4.69) is 20.8 Å². The number of aliphatic hydroxyl groups excluding tert-OH is 1. The van der Waals surface area contributed by atoms with Gasteiger partial charge >= 0.3 is 0 Å². The monoisotopic (exact) mass is 174 g/mol. The molecule has 1 N–H and O–H groups in total.